The van der Waals surface area contributed by atoms with Crippen molar-refractivity contribution in [3.8, 4) is 0 Å². The molecule has 2 aromatic rings. The molecule has 0 radical (unpaired) electrons. The van der Waals surface area contributed by atoms with Crippen molar-refractivity contribution in [3.63, 3.8) is 0 Å². The summed E-state index contributed by atoms with van der Waals surface area (Å²) < 4.78 is 2.70. The highest BCUT2D eigenvalue weighted by atomic mass is 79.9. The molecule has 0 saturated heterocycles. The fourth-order valence-corrected chi connectivity index (χ4v) is 2.10. The summed E-state index contributed by atoms with van der Waals surface area (Å²) >= 11 is 3.26. The molecule has 0 aliphatic carbocycles. The second-order valence-electron chi connectivity index (χ2n) is 3.79. The van der Waals surface area contributed by atoms with Crippen molar-refractivity contribution in [2.75, 3.05) is 0 Å². The largest absolute Gasteiger partial charge is 0.480 e. The molecule has 0 atom stereocenters. The maximum absolute atomic E-state index is 12.0. The van der Waals surface area contributed by atoms with E-state index in [9.17, 15) is 14.4 Å². The van der Waals surface area contributed by atoms with Crippen molar-refractivity contribution in [1.29, 1.82) is 0 Å². The summed E-state index contributed by atoms with van der Waals surface area (Å²) in [4.78, 5) is 34.6. The number of hydrogen-bond donors (Lipinski definition) is 1. The first-order chi connectivity index (χ1) is 8.41. The Morgan fingerprint density at radius 1 is 1.39 bits per heavy atom. The molecule has 2 rings (SSSR count). The fraction of sp³-hybridized carbons (Fsp3) is 0.182. The molecule has 0 amide bonds. The van der Waals surface area contributed by atoms with Crippen LogP contribution in [0.2, 0.25) is 0 Å². The van der Waals surface area contributed by atoms with Crippen LogP contribution < -0.4 is 11.2 Å². The summed E-state index contributed by atoms with van der Waals surface area (Å²) in [6, 6.07) is 4.86. The van der Waals surface area contributed by atoms with Crippen molar-refractivity contribution >= 4 is 32.8 Å². The van der Waals surface area contributed by atoms with Crippen molar-refractivity contribution in [2.24, 2.45) is 7.05 Å². The average molecular weight is 313 g/mol. The lowest BCUT2D eigenvalue weighted by molar-refractivity contribution is -0.137. The Bertz CT molecular complexity index is 760. The van der Waals surface area contributed by atoms with Crippen LogP contribution in [0.25, 0.3) is 10.9 Å². The Morgan fingerprint density at radius 2 is 2.06 bits per heavy atom. The smallest absolute Gasteiger partial charge is 0.331 e. The molecular weight excluding hydrogens is 304 g/mol. The molecule has 6 nitrogen and oxygen atoms in total. The molecule has 7 heteroatoms. The Morgan fingerprint density at radius 3 is 2.67 bits per heavy atom. The lowest BCUT2D eigenvalue weighted by Crippen LogP contribution is -2.40. The molecule has 0 aliphatic rings. The first-order valence-electron chi connectivity index (χ1n) is 5.02. The number of rotatable bonds is 2. The Balaban J connectivity index is 2.92. The average Bonchev–Trinajstić information content (AvgIpc) is 2.31. The van der Waals surface area contributed by atoms with E-state index in [2.05, 4.69) is 15.9 Å². The zero-order chi connectivity index (χ0) is 13.4. The van der Waals surface area contributed by atoms with Gasteiger partial charge >= 0.3 is 11.7 Å². The summed E-state index contributed by atoms with van der Waals surface area (Å²) in [5.41, 5.74) is -0.781. The minimum atomic E-state index is -1.23. The molecule has 94 valence electrons. The normalized spacial score (nSPS) is 10.8. The minimum Gasteiger partial charge on any atom is -0.480 e. The summed E-state index contributed by atoms with van der Waals surface area (Å²) in [6.45, 7) is -0.641. The number of aliphatic carboxylic acids is 1. The van der Waals surface area contributed by atoms with E-state index in [0.29, 0.717) is 15.5 Å². The van der Waals surface area contributed by atoms with Gasteiger partial charge in [-0.1, -0.05) is 15.9 Å². The van der Waals surface area contributed by atoms with E-state index in [1.807, 2.05) is 0 Å². The number of carboxylic acids is 1. The lowest BCUT2D eigenvalue weighted by atomic mass is 10.2. The van der Waals surface area contributed by atoms with Gasteiger partial charge in [-0.05, 0) is 18.2 Å². The van der Waals surface area contributed by atoms with Gasteiger partial charge in [0.25, 0.3) is 5.56 Å². The highest BCUT2D eigenvalue weighted by Gasteiger charge is 2.13. The number of carbonyl (C=O) groups is 1. The van der Waals surface area contributed by atoms with E-state index in [1.54, 1.807) is 18.2 Å². The zero-order valence-corrected chi connectivity index (χ0v) is 11.0. The van der Waals surface area contributed by atoms with Crippen LogP contribution in [0.4, 0.5) is 0 Å². The molecule has 0 aliphatic heterocycles. The van der Waals surface area contributed by atoms with E-state index < -0.39 is 23.8 Å². The molecule has 1 aromatic heterocycles. The van der Waals surface area contributed by atoms with Gasteiger partial charge in [-0.15, -0.1) is 0 Å². The monoisotopic (exact) mass is 312 g/mol. The Labute approximate surface area is 109 Å². The molecule has 0 bridgehead atoms. The molecule has 0 spiro atoms. The topological polar surface area (TPSA) is 81.3 Å². The second kappa shape index (κ2) is 4.41. The van der Waals surface area contributed by atoms with Crippen molar-refractivity contribution in [2.45, 2.75) is 6.54 Å². The summed E-state index contributed by atoms with van der Waals surface area (Å²) in [6.07, 6.45) is 0. The third kappa shape index (κ3) is 1.97. The number of nitrogens with zero attached hydrogens (tertiary/aromatic N) is 2. The number of aryl methyl sites for hydroxylation is 1. The van der Waals surface area contributed by atoms with Crippen LogP contribution in [0.5, 0.6) is 0 Å². The van der Waals surface area contributed by atoms with Gasteiger partial charge in [0.05, 0.1) is 10.9 Å². The number of benzene rings is 1. The summed E-state index contributed by atoms with van der Waals surface area (Å²) in [7, 11) is 1.49. The van der Waals surface area contributed by atoms with Crippen LogP contribution in [0.1, 0.15) is 0 Å². The van der Waals surface area contributed by atoms with Crippen LogP contribution >= 0.6 is 15.9 Å². The van der Waals surface area contributed by atoms with Gasteiger partial charge in [0.15, 0.2) is 0 Å². The molecule has 18 heavy (non-hydrogen) atoms. The van der Waals surface area contributed by atoms with Crippen LogP contribution in [0, 0.1) is 0 Å². The Kier molecular flexibility index (Phi) is 3.08. The van der Waals surface area contributed by atoms with Crippen molar-refractivity contribution in [3.05, 3.63) is 43.5 Å². The number of halogens is 1. The van der Waals surface area contributed by atoms with Crippen molar-refractivity contribution < 1.29 is 9.90 Å². The van der Waals surface area contributed by atoms with Gasteiger partial charge in [0, 0.05) is 11.5 Å². The van der Waals surface area contributed by atoms with E-state index in [4.69, 9.17) is 5.11 Å². The van der Waals surface area contributed by atoms with Crippen LogP contribution in [0.15, 0.2) is 32.3 Å². The maximum atomic E-state index is 12.0. The maximum Gasteiger partial charge on any atom is 0.331 e. The van der Waals surface area contributed by atoms with Gasteiger partial charge in [-0.3, -0.25) is 14.2 Å². The van der Waals surface area contributed by atoms with E-state index >= 15 is 0 Å². The lowest BCUT2D eigenvalue weighted by Gasteiger charge is -2.09. The summed E-state index contributed by atoms with van der Waals surface area (Å²) in [5, 5.41) is 9.01. The van der Waals surface area contributed by atoms with Gasteiger partial charge in [0.1, 0.15) is 6.54 Å². The molecule has 0 saturated carbocycles. The van der Waals surface area contributed by atoms with Gasteiger partial charge in [0.2, 0.25) is 0 Å². The first-order valence-corrected chi connectivity index (χ1v) is 5.82. The highest BCUT2D eigenvalue weighted by Crippen LogP contribution is 2.15. The third-order valence-corrected chi connectivity index (χ3v) is 3.10. The quantitative estimate of drug-likeness (QED) is 0.878. The SMILES string of the molecule is Cn1c(=O)n(CC(=O)O)c(=O)c2ccc(Br)cc21. The van der Waals surface area contributed by atoms with Crippen LogP contribution in [-0.2, 0) is 18.4 Å². The number of aromatic nitrogens is 2. The highest BCUT2D eigenvalue weighted by molar-refractivity contribution is 9.10. The second-order valence-corrected chi connectivity index (χ2v) is 4.70. The first kappa shape index (κ1) is 12.6. The Hall–Kier alpha value is -1.89. The standard InChI is InChI=1S/C11H9BrN2O4/c1-13-8-4-6(12)2-3-7(8)10(17)14(11(13)18)5-9(15)16/h2-4H,5H2,1H3,(H,15,16). The van der Waals surface area contributed by atoms with E-state index in [-0.39, 0.29) is 0 Å². The van der Waals surface area contributed by atoms with Crippen LogP contribution in [-0.4, -0.2) is 20.2 Å². The summed E-state index contributed by atoms with van der Waals surface area (Å²) in [5.74, 6) is -1.23. The third-order valence-electron chi connectivity index (χ3n) is 2.61. The molecule has 1 aromatic carbocycles. The predicted octanol–water partition coefficient (Wildman–Crippen LogP) is 0.547. The van der Waals surface area contributed by atoms with Crippen molar-refractivity contribution in [1.82, 2.24) is 9.13 Å². The number of fused-ring (bicyclic) bond motifs is 1. The van der Waals surface area contributed by atoms with Crippen LogP contribution in [0.3, 0.4) is 0 Å². The van der Waals surface area contributed by atoms with Gasteiger partial charge in [-0.25, -0.2) is 9.36 Å². The fourth-order valence-electron chi connectivity index (χ4n) is 1.75. The molecule has 1 N–H and O–H groups in total. The van der Waals surface area contributed by atoms with Gasteiger partial charge < -0.3 is 5.11 Å². The molecule has 0 fully saturated rings. The molecule has 1 heterocycles. The molecule has 0 unspecified atom stereocenters. The number of hydrogen-bond acceptors (Lipinski definition) is 3. The minimum absolute atomic E-state index is 0.307. The zero-order valence-electron chi connectivity index (χ0n) is 9.38. The van der Waals surface area contributed by atoms with E-state index in [0.717, 1.165) is 4.47 Å². The molecular formula is C11H9BrN2O4. The predicted molar refractivity (Wildman–Crippen MR) is 68.8 cm³/mol. The van der Waals surface area contributed by atoms with Gasteiger partial charge in [-0.2, -0.15) is 0 Å². The number of carboxylic acid groups (broad SMARTS) is 1. The van der Waals surface area contributed by atoms with E-state index in [1.165, 1.54) is 11.6 Å².